The number of ether oxygens (including phenoxy) is 3. The Balaban J connectivity index is 1.80. The van der Waals surface area contributed by atoms with Gasteiger partial charge in [0.2, 0.25) is 15.8 Å². The summed E-state index contributed by atoms with van der Waals surface area (Å²) >= 11 is 0. The van der Waals surface area contributed by atoms with Gasteiger partial charge >= 0.3 is 0 Å². The Labute approximate surface area is 170 Å². The van der Waals surface area contributed by atoms with E-state index in [-0.39, 0.29) is 10.6 Å². The van der Waals surface area contributed by atoms with Crippen LogP contribution in [-0.2, 0) is 10.0 Å². The maximum absolute atomic E-state index is 12.7. The summed E-state index contributed by atoms with van der Waals surface area (Å²) in [6.07, 6.45) is 4.06. The maximum atomic E-state index is 12.7. The lowest BCUT2D eigenvalue weighted by molar-refractivity contribution is 0.102. The number of nitrogens with one attached hydrogen (secondary N) is 2. The molecule has 0 radical (unpaired) electrons. The van der Waals surface area contributed by atoms with E-state index in [9.17, 15) is 13.2 Å². The van der Waals surface area contributed by atoms with Crippen molar-refractivity contribution in [3.63, 3.8) is 0 Å². The van der Waals surface area contributed by atoms with E-state index in [1.54, 1.807) is 12.1 Å². The third-order valence-corrected chi connectivity index (χ3v) is 6.65. The molecule has 0 bridgehead atoms. The minimum absolute atomic E-state index is 0.0782. The SMILES string of the molecule is COc1cc(NC(=O)c2cc(S(=O)(=O)N3CCCCC3)c[nH]2)cc(OC)c1OC. The Morgan fingerprint density at radius 1 is 1.00 bits per heavy atom. The highest BCUT2D eigenvalue weighted by molar-refractivity contribution is 7.89. The van der Waals surface area contributed by atoms with Crippen molar-refractivity contribution in [1.29, 1.82) is 0 Å². The minimum Gasteiger partial charge on any atom is -0.493 e. The van der Waals surface area contributed by atoms with Gasteiger partial charge in [0.15, 0.2) is 11.5 Å². The fourth-order valence-corrected chi connectivity index (χ4v) is 4.77. The molecule has 1 fully saturated rings. The van der Waals surface area contributed by atoms with Crippen molar-refractivity contribution in [1.82, 2.24) is 9.29 Å². The average Bonchev–Trinajstić information content (AvgIpc) is 3.25. The van der Waals surface area contributed by atoms with Gasteiger partial charge in [-0.05, 0) is 18.9 Å². The van der Waals surface area contributed by atoms with Crippen LogP contribution in [0.15, 0.2) is 29.3 Å². The van der Waals surface area contributed by atoms with Crippen LogP contribution < -0.4 is 19.5 Å². The Morgan fingerprint density at radius 3 is 2.17 bits per heavy atom. The van der Waals surface area contributed by atoms with Gasteiger partial charge in [0.25, 0.3) is 5.91 Å². The molecular formula is C19H25N3O6S. The number of benzene rings is 1. The van der Waals surface area contributed by atoms with Crippen molar-refractivity contribution < 1.29 is 27.4 Å². The first kappa shape index (κ1) is 21.0. The number of carbonyl (C=O) groups excluding carboxylic acids is 1. The first-order valence-corrected chi connectivity index (χ1v) is 10.6. The summed E-state index contributed by atoms with van der Waals surface area (Å²) in [5.74, 6) is 0.700. The Morgan fingerprint density at radius 2 is 1.62 bits per heavy atom. The molecule has 10 heteroatoms. The van der Waals surface area contributed by atoms with Gasteiger partial charge in [-0.1, -0.05) is 6.42 Å². The number of rotatable bonds is 7. The molecule has 0 spiro atoms. The smallest absolute Gasteiger partial charge is 0.272 e. The second-order valence-electron chi connectivity index (χ2n) is 6.58. The van der Waals surface area contributed by atoms with Gasteiger partial charge in [-0.2, -0.15) is 4.31 Å². The van der Waals surface area contributed by atoms with Gasteiger partial charge in [-0.3, -0.25) is 4.79 Å². The third kappa shape index (κ3) is 4.33. The molecule has 3 rings (SSSR count). The molecule has 158 valence electrons. The number of H-pyrrole nitrogens is 1. The number of aromatic nitrogens is 1. The summed E-state index contributed by atoms with van der Waals surface area (Å²) in [5, 5.41) is 2.71. The molecule has 1 aliphatic heterocycles. The van der Waals surface area contributed by atoms with Crippen molar-refractivity contribution in [3.8, 4) is 17.2 Å². The number of sulfonamides is 1. The van der Waals surface area contributed by atoms with Crippen LogP contribution in [0, 0.1) is 0 Å². The van der Waals surface area contributed by atoms with Crippen molar-refractivity contribution in [2.45, 2.75) is 24.2 Å². The number of hydrogen-bond acceptors (Lipinski definition) is 6. The molecule has 0 aliphatic carbocycles. The summed E-state index contributed by atoms with van der Waals surface area (Å²) < 4.78 is 42.8. The molecule has 29 heavy (non-hydrogen) atoms. The lowest BCUT2D eigenvalue weighted by Gasteiger charge is -2.25. The van der Waals surface area contributed by atoms with E-state index >= 15 is 0 Å². The number of nitrogens with zero attached hydrogens (tertiary/aromatic N) is 1. The second-order valence-corrected chi connectivity index (χ2v) is 8.52. The fraction of sp³-hybridized carbons (Fsp3) is 0.421. The quantitative estimate of drug-likeness (QED) is 0.708. The highest BCUT2D eigenvalue weighted by atomic mass is 32.2. The van der Waals surface area contributed by atoms with E-state index in [0.29, 0.717) is 36.0 Å². The number of piperidine rings is 1. The van der Waals surface area contributed by atoms with Crippen molar-refractivity contribution in [2.24, 2.45) is 0 Å². The third-order valence-electron chi connectivity index (χ3n) is 4.78. The number of carbonyl (C=O) groups is 1. The predicted octanol–water partition coefficient (Wildman–Crippen LogP) is 2.47. The van der Waals surface area contributed by atoms with Crippen molar-refractivity contribution >= 4 is 21.6 Å². The van der Waals surface area contributed by atoms with E-state index < -0.39 is 15.9 Å². The maximum Gasteiger partial charge on any atom is 0.272 e. The number of amides is 1. The molecule has 1 saturated heterocycles. The molecule has 0 saturated carbocycles. The second kappa shape index (κ2) is 8.75. The van der Waals surface area contributed by atoms with Crippen LogP contribution in [0.3, 0.4) is 0 Å². The number of anilines is 1. The van der Waals surface area contributed by atoms with Crippen LogP contribution in [0.2, 0.25) is 0 Å². The van der Waals surface area contributed by atoms with Crippen LogP contribution in [-0.4, -0.2) is 58.0 Å². The van der Waals surface area contributed by atoms with Crippen molar-refractivity contribution in [2.75, 3.05) is 39.7 Å². The summed E-state index contributed by atoms with van der Waals surface area (Å²) in [6, 6.07) is 4.53. The molecule has 1 amide bonds. The van der Waals surface area contributed by atoms with E-state index in [1.807, 2.05) is 0 Å². The molecule has 2 N–H and O–H groups in total. The molecule has 9 nitrogen and oxygen atoms in total. The van der Waals surface area contributed by atoms with Crippen LogP contribution in [0.1, 0.15) is 29.8 Å². The predicted molar refractivity (Wildman–Crippen MR) is 107 cm³/mol. The highest BCUT2D eigenvalue weighted by Gasteiger charge is 2.27. The summed E-state index contributed by atoms with van der Waals surface area (Å²) in [5.41, 5.74) is 0.550. The van der Waals surface area contributed by atoms with Crippen LogP contribution in [0.25, 0.3) is 0 Å². The van der Waals surface area contributed by atoms with Gasteiger partial charge in [-0.15, -0.1) is 0 Å². The number of hydrogen-bond donors (Lipinski definition) is 2. The van der Waals surface area contributed by atoms with Gasteiger partial charge in [0, 0.05) is 37.1 Å². The first-order valence-electron chi connectivity index (χ1n) is 9.20. The number of aromatic amines is 1. The highest BCUT2D eigenvalue weighted by Crippen LogP contribution is 2.40. The monoisotopic (exact) mass is 423 g/mol. The Kier molecular flexibility index (Phi) is 6.33. The first-order chi connectivity index (χ1) is 13.9. The molecule has 0 atom stereocenters. The summed E-state index contributed by atoms with van der Waals surface area (Å²) in [4.78, 5) is 15.4. The zero-order chi connectivity index (χ0) is 21.0. The molecule has 2 heterocycles. The Bertz CT molecular complexity index is 955. The largest absolute Gasteiger partial charge is 0.493 e. The topological polar surface area (TPSA) is 110 Å². The molecule has 1 aliphatic rings. The molecule has 2 aromatic rings. The molecule has 1 aromatic heterocycles. The van der Waals surface area contributed by atoms with Crippen molar-refractivity contribution in [3.05, 3.63) is 30.1 Å². The zero-order valence-electron chi connectivity index (χ0n) is 16.6. The number of methoxy groups -OCH3 is 3. The summed E-state index contributed by atoms with van der Waals surface area (Å²) in [6.45, 7) is 1.00. The van der Waals surface area contributed by atoms with Crippen LogP contribution in [0.5, 0.6) is 17.2 Å². The summed E-state index contributed by atoms with van der Waals surface area (Å²) in [7, 11) is 0.831. The van der Waals surface area contributed by atoms with Crippen LogP contribution in [0.4, 0.5) is 5.69 Å². The average molecular weight is 423 g/mol. The zero-order valence-corrected chi connectivity index (χ0v) is 17.5. The fourth-order valence-electron chi connectivity index (χ4n) is 3.26. The minimum atomic E-state index is -3.61. The molecule has 0 unspecified atom stereocenters. The van der Waals surface area contributed by atoms with Gasteiger partial charge in [-0.25, -0.2) is 8.42 Å². The van der Waals surface area contributed by atoms with Gasteiger partial charge < -0.3 is 24.5 Å². The van der Waals surface area contributed by atoms with Gasteiger partial charge in [0.05, 0.1) is 21.3 Å². The standard InChI is InChI=1S/C19H25N3O6S/c1-26-16-9-13(10-17(27-2)18(16)28-3)21-19(23)15-11-14(12-20-15)29(24,25)22-7-5-4-6-8-22/h9-12,20H,4-8H2,1-3H3,(H,21,23). The lowest BCUT2D eigenvalue weighted by atomic mass is 10.2. The molecule has 1 aromatic carbocycles. The van der Waals surface area contributed by atoms with E-state index in [1.165, 1.54) is 37.9 Å². The van der Waals surface area contributed by atoms with E-state index in [2.05, 4.69) is 10.3 Å². The Hall–Kier alpha value is -2.72. The normalized spacial score (nSPS) is 15.0. The van der Waals surface area contributed by atoms with Crippen LogP contribution >= 0.6 is 0 Å². The van der Waals surface area contributed by atoms with Gasteiger partial charge in [0.1, 0.15) is 10.6 Å². The van der Waals surface area contributed by atoms with E-state index in [4.69, 9.17) is 14.2 Å². The molecular weight excluding hydrogens is 398 g/mol. The lowest BCUT2D eigenvalue weighted by Crippen LogP contribution is -2.35. The van der Waals surface area contributed by atoms with E-state index in [0.717, 1.165) is 19.3 Å².